The minimum atomic E-state index is -0.328. The summed E-state index contributed by atoms with van der Waals surface area (Å²) in [6, 6.07) is 6.12. The van der Waals surface area contributed by atoms with Crippen molar-refractivity contribution in [1.29, 1.82) is 0 Å². The van der Waals surface area contributed by atoms with Crippen LogP contribution in [0.25, 0.3) is 16.7 Å². The fraction of sp³-hybridized carbons (Fsp3) is 0.235. The van der Waals surface area contributed by atoms with Gasteiger partial charge < -0.3 is 9.88 Å². The van der Waals surface area contributed by atoms with Crippen LogP contribution in [0.4, 0.5) is 10.2 Å². The Morgan fingerprint density at radius 1 is 1.23 bits per heavy atom. The molecule has 0 saturated heterocycles. The van der Waals surface area contributed by atoms with Crippen molar-refractivity contribution in [2.45, 2.75) is 19.9 Å². The van der Waals surface area contributed by atoms with Gasteiger partial charge in [-0.25, -0.2) is 19.0 Å². The molecule has 9 heteroatoms. The molecule has 0 spiro atoms. The van der Waals surface area contributed by atoms with Gasteiger partial charge in [0.2, 0.25) is 0 Å². The maximum atomic E-state index is 13.6. The second-order valence-electron chi connectivity index (χ2n) is 6.06. The second-order valence-corrected chi connectivity index (χ2v) is 6.06. The van der Waals surface area contributed by atoms with E-state index in [-0.39, 0.29) is 11.9 Å². The lowest BCUT2D eigenvalue weighted by atomic mass is 10.3. The molecule has 1 N–H and O–H groups in total. The smallest absolute Gasteiger partial charge is 0.168 e. The zero-order valence-corrected chi connectivity index (χ0v) is 14.5. The lowest BCUT2D eigenvalue weighted by Gasteiger charge is -2.14. The second kappa shape index (κ2) is 6.17. The largest absolute Gasteiger partial charge is 0.360 e. The SMILES string of the molecule is Cc1nc(NC(C)c2nncn2C)c2cnn(-c3cccc(F)c3)c2n1. The van der Waals surface area contributed by atoms with Crippen LogP contribution in [0.15, 0.2) is 36.8 Å². The lowest BCUT2D eigenvalue weighted by Crippen LogP contribution is -2.13. The van der Waals surface area contributed by atoms with Crippen molar-refractivity contribution in [3.05, 3.63) is 54.3 Å². The van der Waals surface area contributed by atoms with Gasteiger partial charge in [-0.1, -0.05) is 6.07 Å². The summed E-state index contributed by atoms with van der Waals surface area (Å²) in [7, 11) is 1.89. The van der Waals surface area contributed by atoms with Crippen LogP contribution < -0.4 is 5.32 Å². The predicted molar refractivity (Wildman–Crippen MR) is 94.4 cm³/mol. The Morgan fingerprint density at radius 3 is 2.81 bits per heavy atom. The van der Waals surface area contributed by atoms with Crippen molar-refractivity contribution >= 4 is 16.9 Å². The first-order valence-electron chi connectivity index (χ1n) is 8.11. The molecule has 0 amide bonds. The molecule has 4 rings (SSSR count). The van der Waals surface area contributed by atoms with Gasteiger partial charge in [0, 0.05) is 7.05 Å². The van der Waals surface area contributed by atoms with E-state index in [2.05, 4.69) is 30.6 Å². The zero-order valence-electron chi connectivity index (χ0n) is 14.5. The van der Waals surface area contributed by atoms with E-state index in [0.29, 0.717) is 23.0 Å². The number of benzene rings is 1. The summed E-state index contributed by atoms with van der Waals surface area (Å²) < 4.78 is 17.0. The van der Waals surface area contributed by atoms with Gasteiger partial charge in [-0.05, 0) is 32.0 Å². The molecule has 4 aromatic rings. The molecule has 0 radical (unpaired) electrons. The van der Waals surface area contributed by atoms with E-state index in [1.807, 2.05) is 18.5 Å². The van der Waals surface area contributed by atoms with Crippen LogP contribution in [0.2, 0.25) is 0 Å². The van der Waals surface area contributed by atoms with Crippen LogP contribution in [0.3, 0.4) is 0 Å². The molecule has 132 valence electrons. The number of nitrogens with one attached hydrogen (secondary N) is 1. The molecule has 0 saturated carbocycles. The van der Waals surface area contributed by atoms with Gasteiger partial charge in [-0.15, -0.1) is 10.2 Å². The van der Waals surface area contributed by atoms with Crippen LogP contribution in [0.5, 0.6) is 0 Å². The molecule has 1 unspecified atom stereocenters. The normalized spacial score (nSPS) is 12.5. The number of rotatable bonds is 4. The monoisotopic (exact) mass is 352 g/mol. The zero-order chi connectivity index (χ0) is 18.3. The summed E-state index contributed by atoms with van der Waals surface area (Å²) in [5.41, 5.74) is 1.21. The Hall–Kier alpha value is -3.36. The number of anilines is 1. The van der Waals surface area contributed by atoms with E-state index in [4.69, 9.17) is 0 Å². The summed E-state index contributed by atoms with van der Waals surface area (Å²) in [6.07, 6.45) is 3.32. The first-order chi connectivity index (χ1) is 12.5. The summed E-state index contributed by atoms with van der Waals surface area (Å²) >= 11 is 0. The fourth-order valence-electron chi connectivity index (χ4n) is 2.88. The van der Waals surface area contributed by atoms with Crippen molar-refractivity contribution in [2.24, 2.45) is 7.05 Å². The molecule has 0 aliphatic heterocycles. The first kappa shape index (κ1) is 16.1. The van der Waals surface area contributed by atoms with Crippen molar-refractivity contribution in [3.8, 4) is 5.69 Å². The van der Waals surface area contributed by atoms with Crippen LogP contribution in [0.1, 0.15) is 24.6 Å². The van der Waals surface area contributed by atoms with Gasteiger partial charge in [0.05, 0.1) is 23.3 Å². The van der Waals surface area contributed by atoms with Crippen LogP contribution in [-0.2, 0) is 7.05 Å². The highest BCUT2D eigenvalue weighted by Gasteiger charge is 2.17. The van der Waals surface area contributed by atoms with E-state index in [0.717, 1.165) is 11.2 Å². The topological polar surface area (TPSA) is 86.3 Å². The minimum Gasteiger partial charge on any atom is -0.360 e. The maximum Gasteiger partial charge on any atom is 0.168 e. The third-order valence-electron chi connectivity index (χ3n) is 4.08. The lowest BCUT2D eigenvalue weighted by molar-refractivity contribution is 0.625. The highest BCUT2D eigenvalue weighted by molar-refractivity contribution is 5.87. The molecule has 3 aromatic heterocycles. The van der Waals surface area contributed by atoms with Crippen LogP contribution in [-0.4, -0.2) is 34.5 Å². The Balaban J connectivity index is 1.78. The van der Waals surface area contributed by atoms with Gasteiger partial charge in [0.15, 0.2) is 11.5 Å². The molecule has 0 aliphatic rings. The average Bonchev–Trinajstić information content (AvgIpc) is 3.21. The summed E-state index contributed by atoms with van der Waals surface area (Å²) in [5.74, 6) is 1.69. The molecular weight excluding hydrogens is 335 g/mol. The fourth-order valence-corrected chi connectivity index (χ4v) is 2.88. The molecule has 26 heavy (non-hydrogen) atoms. The summed E-state index contributed by atoms with van der Waals surface area (Å²) in [4.78, 5) is 8.98. The third kappa shape index (κ3) is 2.77. The summed E-state index contributed by atoms with van der Waals surface area (Å²) in [6.45, 7) is 3.78. The molecule has 8 nitrogen and oxygen atoms in total. The number of hydrogen-bond acceptors (Lipinski definition) is 6. The van der Waals surface area contributed by atoms with E-state index in [1.165, 1.54) is 12.1 Å². The molecular formula is C17H17FN8. The molecule has 0 bridgehead atoms. The Labute approximate surface area is 148 Å². The van der Waals surface area contributed by atoms with Gasteiger partial charge >= 0.3 is 0 Å². The van der Waals surface area contributed by atoms with E-state index < -0.39 is 0 Å². The number of nitrogens with zero attached hydrogens (tertiary/aromatic N) is 7. The maximum absolute atomic E-state index is 13.6. The molecule has 0 fully saturated rings. The quantitative estimate of drug-likeness (QED) is 0.607. The predicted octanol–water partition coefficient (Wildman–Crippen LogP) is 2.56. The molecule has 0 aliphatic carbocycles. The number of aromatic nitrogens is 7. The molecule has 1 atom stereocenters. The highest BCUT2D eigenvalue weighted by atomic mass is 19.1. The Morgan fingerprint density at radius 2 is 2.08 bits per heavy atom. The summed E-state index contributed by atoms with van der Waals surface area (Å²) in [5, 5.41) is 16.5. The van der Waals surface area contributed by atoms with Crippen molar-refractivity contribution < 1.29 is 4.39 Å². The highest BCUT2D eigenvalue weighted by Crippen LogP contribution is 2.25. The number of halogens is 1. The number of hydrogen-bond donors (Lipinski definition) is 1. The van der Waals surface area contributed by atoms with Gasteiger partial charge in [-0.3, -0.25) is 0 Å². The number of aryl methyl sites for hydroxylation is 2. The van der Waals surface area contributed by atoms with Crippen LogP contribution >= 0.6 is 0 Å². The van der Waals surface area contributed by atoms with Crippen molar-refractivity contribution in [3.63, 3.8) is 0 Å². The molecule has 3 heterocycles. The van der Waals surface area contributed by atoms with E-state index in [1.54, 1.807) is 36.3 Å². The minimum absolute atomic E-state index is 0.113. The van der Waals surface area contributed by atoms with E-state index >= 15 is 0 Å². The van der Waals surface area contributed by atoms with Gasteiger partial charge in [-0.2, -0.15) is 5.10 Å². The Bertz CT molecular complexity index is 1080. The van der Waals surface area contributed by atoms with E-state index in [9.17, 15) is 4.39 Å². The van der Waals surface area contributed by atoms with Crippen LogP contribution in [0, 0.1) is 12.7 Å². The first-order valence-corrected chi connectivity index (χ1v) is 8.11. The van der Waals surface area contributed by atoms with Gasteiger partial charge in [0.25, 0.3) is 0 Å². The standard InChI is InChI=1S/C17H17FN8/c1-10(16-24-19-9-25(16)3)21-15-14-8-20-26(17(14)23-11(2)22-15)13-6-4-5-12(18)7-13/h4-10H,1-3H3,(H,21,22,23). The molecule has 1 aromatic carbocycles. The third-order valence-corrected chi connectivity index (χ3v) is 4.08. The average molecular weight is 352 g/mol. The number of fused-ring (bicyclic) bond motifs is 1. The Kier molecular flexibility index (Phi) is 3.83. The van der Waals surface area contributed by atoms with Crippen molar-refractivity contribution in [2.75, 3.05) is 5.32 Å². The van der Waals surface area contributed by atoms with Crippen molar-refractivity contribution in [1.82, 2.24) is 34.5 Å². The van der Waals surface area contributed by atoms with Gasteiger partial charge in [0.1, 0.15) is 23.8 Å².